The van der Waals surface area contributed by atoms with E-state index in [2.05, 4.69) is 49.7 Å². The standard InChI is InChI=1S/C30H50N2O2S.CH4O/c1-7-9-10-28(32-17-15-26(21-32)16-18-33)13-14-29(24(5)35-6)30(34)31-23(4)22(3)19-27-12-11-25(8-2)20-27;1-2/h10,13-14,22,25-27,33H,4,7-9,11-12,15-21H2,1-3,5-6H3,(H,31,34);2H,1H3/b14-13-,28-10-,29-24-;/t22?,25?,26-,27?;/m1./s1. The van der Waals surface area contributed by atoms with Gasteiger partial charge >= 0.3 is 0 Å². The van der Waals surface area contributed by atoms with Crippen LogP contribution in [0.5, 0.6) is 0 Å². The number of carbonyl (C=O) groups excluding carboxylic acids is 1. The van der Waals surface area contributed by atoms with Crippen LogP contribution in [0.15, 0.2) is 46.7 Å². The molecule has 0 radical (unpaired) electrons. The second-order valence-electron chi connectivity index (χ2n) is 10.6. The van der Waals surface area contributed by atoms with Crippen LogP contribution in [0, 0.1) is 23.7 Å². The molecule has 3 unspecified atom stereocenters. The minimum absolute atomic E-state index is 0.0581. The van der Waals surface area contributed by atoms with E-state index >= 15 is 0 Å². The van der Waals surface area contributed by atoms with Crippen molar-refractivity contribution < 1.29 is 15.0 Å². The van der Waals surface area contributed by atoms with Crippen molar-refractivity contribution in [1.29, 1.82) is 0 Å². The summed E-state index contributed by atoms with van der Waals surface area (Å²) < 4.78 is 0. The zero-order chi connectivity index (χ0) is 27.8. The van der Waals surface area contributed by atoms with Crippen LogP contribution in [0.1, 0.15) is 85.5 Å². The van der Waals surface area contributed by atoms with Crippen LogP contribution in [-0.2, 0) is 4.79 Å². The molecule has 1 saturated heterocycles. The zero-order valence-electron chi connectivity index (χ0n) is 24.4. The number of unbranched alkanes of at least 4 members (excludes halogenated alkanes) is 1. The van der Waals surface area contributed by atoms with E-state index < -0.39 is 0 Å². The van der Waals surface area contributed by atoms with Gasteiger partial charge in [0, 0.05) is 43.8 Å². The van der Waals surface area contributed by atoms with Crippen molar-refractivity contribution >= 4 is 17.7 Å². The number of aliphatic hydroxyl groups is 2. The van der Waals surface area contributed by atoms with Crippen LogP contribution in [0.3, 0.4) is 0 Å². The Balaban J connectivity index is 0.00000334. The number of likely N-dealkylation sites (tertiary alicyclic amines) is 1. The molecule has 2 fully saturated rings. The molecule has 0 spiro atoms. The first-order chi connectivity index (χ1) is 17.8. The summed E-state index contributed by atoms with van der Waals surface area (Å²) in [7, 11) is 1.00. The summed E-state index contributed by atoms with van der Waals surface area (Å²) in [6.45, 7) is 15.2. The van der Waals surface area contributed by atoms with Gasteiger partial charge in [-0.05, 0) is 86.0 Å². The molecule has 3 N–H and O–H groups in total. The smallest absolute Gasteiger partial charge is 0.256 e. The van der Waals surface area contributed by atoms with Crippen LogP contribution in [0.2, 0.25) is 0 Å². The SMILES string of the molecule is C=C(NC(=O)C(/C=C\C(=C\CCC)N1CC[C@H](CCO)C1)=C(/C)SC)C(C)CC1CCC(CC)C1.CO. The maximum absolute atomic E-state index is 13.3. The predicted octanol–water partition coefficient (Wildman–Crippen LogP) is 6.66. The Morgan fingerprint density at radius 1 is 1.16 bits per heavy atom. The number of rotatable bonds is 14. The third-order valence-corrected chi connectivity index (χ3v) is 8.80. The average Bonchev–Trinajstić information content (AvgIpc) is 3.56. The largest absolute Gasteiger partial charge is 0.400 e. The van der Waals surface area contributed by atoms with Crippen LogP contribution in [-0.4, -0.2) is 54.1 Å². The van der Waals surface area contributed by atoms with Gasteiger partial charge in [0.15, 0.2) is 0 Å². The maximum atomic E-state index is 13.3. The number of hydrogen-bond acceptors (Lipinski definition) is 5. The van der Waals surface area contributed by atoms with E-state index in [0.29, 0.717) is 11.5 Å². The van der Waals surface area contributed by atoms with Crippen molar-refractivity contribution in [3.63, 3.8) is 0 Å². The highest BCUT2D eigenvalue weighted by Crippen LogP contribution is 2.37. The van der Waals surface area contributed by atoms with Gasteiger partial charge in [0.05, 0.1) is 0 Å². The van der Waals surface area contributed by atoms with Gasteiger partial charge < -0.3 is 20.4 Å². The molecule has 0 aromatic heterocycles. The Labute approximate surface area is 231 Å². The topological polar surface area (TPSA) is 72.8 Å². The predicted molar refractivity (Wildman–Crippen MR) is 160 cm³/mol. The van der Waals surface area contributed by atoms with Crippen molar-refractivity contribution in [2.24, 2.45) is 23.7 Å². The molecule has 0 aromatic carbocycles. The summed E-state index contributed by atoms with van der Waals surface area (Å²) in [4.78, 5) is 16.7. The number of allylic oxidation sites excluding steroid dienone is 4. The van der Waals surface area contributed by atoms with Crippen molar-refractivity contribution in [3.05, 3.63) is 46.7 Å². The number of nitrogens with zero attached hydrogens (tertiary/aromatic N) is 1. The van der Waals surface area contributed by atoms with Gasteiger partial charge in [-0.15, -0.1) is 11.8 Å². The lowest BCUT2D eigenvalue weighted by Gasteiger charge is -2.21. The van der Waals surface area contributed by atoms with E-state index in [1.807, 2.05) is 19.3 Å². The molecule has 6 heteroatoms. The molecular weight excluding hydrogens is 480 g/mol. The van der Waals surface area contributed by atoms with Crippen molar-refractivity contribution in [1.82, 2.24) is 10.2 Å². The number of nitrogens with one attached hydrogen (secondary N) is 1. The lowest BCUT2D eigenvalue weighted by atomic mass is 9.91. The molecule has 1 aliphatic carbocycles. The van der Waals surface area contributed by atoms with Crippen LogP contribution in [0.25, 0.3) is 0 Å². The minimum atomic E-state index is -0.0581. The molecule has 4 atom stereocenters. The number of hydrogen-bond donors (Lipinski definition) is 3. The Morgan fingerprint density at radius 3 is 2.46 bits per heavy atom. The molecular formula is C31H54N2O3S. The summed E-state index contributed by atoms with van der Waals surface area (Å²) in [5.74, 6) is 2.41. The van der Waals surface area contributed by atoms with Gasteiger partial charge in [0.1, 0.15) is 0 Å². The van der Waals surface area contributed by atoms with Crippen molar-refractivity contribution in [3.8, 4) is 0 Å². The fourth-order valence-electron chi connectivity index (χ4n) is 5.45. The normalized spacial score (nSPS) is 23.5. The van der Waals surface area contributed by atoms with Crippen LogP contribution < -0.4 is 5.32 Å². The molecule has 2 rings (SSSR count). The van der Waals surface area contributed by atoms with Gasteiger partial charge in [-0.2, -0.15) is 0 Å². The highest BCUT2D eigenvalue weighted by Gasteiger charge is 2.26. The monoisotopic (exact) mass is 534 g/mol. The molecule has 1 heterocycles. The van der Waals surface area contributed by atoms with E-state index in [4.69, 9.17) is 5.11 Å². The number of carbonyl (C=O) groups is 1. The molecule has 1 saturated carbocycles. The van der Waals surface area contributed by atoms with Gasteiger partial charge in [-0.1, -0.05) is 59.1 Å². The summed E-state index contributed by atoms with van der Waals surface area (Å²) >= 11 is 1.61. The first kappa shape index (κ1) is 33.5. The third-order valence-electron chi connectivity index (χ3n) is 7.96. The lowest BCUT2D eigenvalue weighted by molar-refractivity contribution is -0.116. The van der Waals surface area contributed by atoms with Gasteiger partial charge in [0.2, 0.25) is 0 Å². The number of amides is 1. The first-order valence-corrected chi connectivity index (χ1v) is 15.5. The van der Waals surface area contributed by atoms with E-state index in [-0.39, 0.29) is 18.4 Å². The molecule has 212 valence electrons. The zero-order valence-corrected chi connectivity index (χ0v) is 25.2. The fraction of sp³-hybridized carbons (Fsp3) is 0.710. The first-order valence-electron chi connectivity index (χ1n) is 14.3. The van der Waals surface area contributed by atoms with Crippen LogP contribution in [0.4, 0.5) is 0 Å². The minimum Gasteiger partial charge on any atom is -0.400 e. The van der Waals surface area contributed by atoms with E-state index in [9.17, 15) is 9.90 Å². The Kier molecular flexibility index (Phi) is 16.9. The quantitative estimate of drug-likeness (QED) is 0.172. The van der Waals surface area contributed by atoms with Gasteiger partial charge in [-0.25, -0.2) is 0 Å². The molecule has 5 nitrogen and oxygen atoms in total. The molecule has 0 aromatic rings. The van der Waals surface area contributed by atoms with E-state index in [0.717, 1.165) is 74.7 Å². The third kappa shape index (κ3) is 11.4. The molecule has 37 heavy (non-hydrogen) atoms. The lowest BCUT2D eigenvalue weighted by Crippen LogP contribution is -2.28. The highest BCUT2D eigenvalue weighted by molar-refractivity contribution is 8.02. The fourth-order valence-corrected chi connectivity index (χ4v) is 5.83. The van der Waals surface area contributed by atoms with Crippen molar-refractivity contribution in [2.75, 3.05) is 33.1 Å². The summed E-state index contributed by atoms with van der Waals surface area (Å²) in [5.41, 5.74) is 2.74. The Morgan fingerprint density at radius 2 is 1.86 bits per heavy atom. The maximum Gasteiger partial charge on any atom is 0.256 e. The van der Waals surface area contributed by atoms with E-state index in [1.165, 1.54) is 31.4 Å². The summed E-state index contributed by atoms with van der Waals surface area (Å²) in [5, 5.41) is 19.5. The van der Waals surface area contributed by atoms with Crippen molar-refractivity contribution in [2.45, 2.75) is 85.5 Å². The molecule has 1 aliphatic heterocycles. The Hall–Kier alpha value is -1.50. The van der Waals surface area contributed by atoms with E-state index in [1.54, 1.807) is 11.8 Å². The van der Waals surface area contributed by atoms with Gasteiger partial charge in [-0.3, -0.25) is 4.79 Å². The highest BCUT2D eigenvalue weighted by atomic mass is 32.2. The summed E-state index contributed by atoms with van der Waals surface area (Å²) in [6, 6.07) is 0. The number of thioether (sulfide) groups is 1. The second kappa shape index (κ2) is 18.7. The molecule has 1 amide bonds. The average molecular weight is 535 g/mol. The molecule has 2 aliphatic rings. The second-order valence-corrected chi connectivity index (χ2v) is 11.6. The van der Waals surface area contributed by atoms with Crippen LogP contribution >= 0.6 is 11.8 Å². The Bertz CT molecular complexity index is 789. The van der Waals surface area contributed by atoms with Gasteiger partial charge in [0.25, 0.3) is 5.91 Å². The molecule has 0 bridgehead atoms. The number of aliphatic hydroxyl groups excluding tert-OH is 2. The summed E-state index contributed by atoms with van der Waals surface area (Å²) in [6.07, 6.45) is 18.9.